The number of rotatable bonds is 3. The Balaban J connectivity index is 1.64. The number of piperidine rings is 1. The van der Waals surface area contributed by atoms with Crippen molar-refractivity contribution >= 4 is 34.0 Å². The van der Waals surface area contributed by atoms with Crippen LogP contribution in [0.25, 0.3) is 11.0 Å². The summed E-state index contributed by atoms with van der Waals surface area (Å²) in [5.74, 6) is 0. The van der Waals surface area contributed by atoms with Gasteiger partial charge in [-0.3, -0.25) is 0 Å². The maximum atomic E-state index is 11.5. The normalized spacial score (nSPS) is 16.2. The minimum atomic E-state index is -0.333. The van der Waals surface area contributed by atoms with Crippen LogP contribution in [0.2, 0.25) is 0 Å². The zero-order valence-corrected chi connectivity index (χ0v) is 14.9. The highest BCUT2D eigenvalue weighted by Gasteiger charge is 2.18. The topological polar surface area (TPSA) is 57.5 Å². The summed E-state index contributed by atoms with van der Waals surface area (Å²) in [5, 5.41) is 8.12. The number of likely N-dealkylation sites (tertiary alicyclic amines) is 1. The number of benzene rings is 1. The third-order valence-corrected chi connectivity index (χ3v) is 4.80. The van der Waals surface area contributed by atoms with Crippen molar-refractivity contribution < 1.29 is 4.42 Å². The van der Waals surface area contributed by atoms with Crippen LogP contribution in [0.3, 0.4) is 0 Å². The smallest absolute Gasteiger partial charge is 0.336 e. The molecule has 5 nitrogen and oxygen atoms in total. The van der Waals surface area contributed by atoms with Gasteiger partial charge in [0.15, 0.2) is 5.11 Å². The Hall–Kier alpha value is -1.92. The average Bonchev–Trinajstić information content (AvgIpc) is 2.55. The van der Waals surface area contributed by atoms with Crippen molar-refractivity contribution in [2.75, 3.05) is 25.0 Å². The quantitative estimate of drug-likeness (QED) is 0.659. The van der Waals surface area contributed by atoms with E-state index in [1.54, 1.807) is 0 Å². The number of nitrogens with zero attached hydrogens (tertiary/aromatic N) is 1. The number of anilines is 1. The van der Waals surface area contributed by atoms with Gasteiger partial charge in [-0.15, -0.1) is 0 Å². The molecule has 1 aromatic heterocycles. The second-order valence-electron chi connectivity index (χ2n) is 6.27. The molecule has 1 aliphatic heterocycles. The molecule has 2 N–H and O–H groups in total. The van der Waals surface area contributed by atoms with E-state index in [1.807, 2.05) is 25.1 Å². The lowest BCUT2D eigenvalue weighted by Crippen LogP contribution is -2.45. The van der Waals surface area contributed by atoms with Crippen LogP contribution in [-0.2, 0) is 0 Å². The van der Waals surface area contributed by atoms with Crippen molar-refractivity contribution in [1.29, 1.82) is 0 Å². The van der Waals surface area contributed by atoms with E-state index in [1.165, 1.54) is 6.07 Å². The van der Waals surface area contributed by atoms with Crippen LogP contribution in [0.15, 0.2) is 33.5 Å². The molecular formula is C18H23N3O2S. The van der Waals surface area contributed by atoms with Gasteiger partial charge in [0.05, 0.1) is 0 Å². The fourth-order valence-corrected chi connectivity index (χ4v) is 3.43. The van der Waals surface area contributed by atoms with Crippen LogP contribution in [0.5, 0.6) is 0 Å². The van der Waals surface area contributed by atoms with Crippen molar-refractivity contribution in [2.45, 2.75) is 32.7 Å². The number of thiocarbonyl (C=S) groups is 1. The Kier molecular flexibility index (Phi) is 5.16. The molecule has 0 bridgehead atoms. The van der Waals surface area contributed by atoms with E-state index in [9.17, 15) is 4.79 Å². The van der Waals surface area contributed by atoms with E-state index in [0.29, 0.717) is 16.7 Å². The second-order valence-corrected chi connectivity index (χ2v) is 6.67. The molecule has 2 aromatic rings. The Morgan fingerprint density at radius 3 is 2.79 bits per heavy atom. The number of fused-ring (bicyclic) bond motifs is 1. The summed E-state index contributed by atoms with van der Waals surface area (Å²) in [7, 11) is 0. The number of nitrogens with one attached hydrogen (secondary N) is 2. The van der Waals surface area contributed by atoms with Crippen molar-refractivity contribution in [3.63, 3.8) is 0 Å². The van der Waals surface area contributed by atoms with Crippen LogP contribution in [0, 0.1) is 6.92 Å². The van der Waals surface area contributed by atoms with Gasteiger partial charge in [-0.05, 0) is 56.2 Å². The van der Waals surface area contributed by atoms with Crippen LogP contribution in [0.1, 0.15) is 25.3 Å². The summed E-state index contributed by atoms with van der Waals surface area (Å²) in [4.78, 5) is 14.0. The summed E-state index contributed by atoms with van der Waals surface area (Å²) in [6.07, 6.45) is 2.20. The maximum Gasteiger partial charge on any atom is 0.336 e. The summed E-state index contributed by atoms with van der Waals surface area (Å²) < 4.78 is 5.27. The first-order valence-electron chi connectivity index (χ1n) is 8.39. The number of hydrogen-bond donors (Lipinski definition) is 2. The fourth-order valence-electron chi connectivity index (χ4n) is 3.15. The summed E-state index contributed by atoms with van der Waals surface area (Å²) >= 11 is 5.42. The Labute approximate surface area is 147 Å². The molecule has 128 valence electrons. The Bertz CT molecular complexity index is 794. The Morgan fingerprint density at radius 2 is 2.08 bits per heavy atom. The summed E-state index contributed by atoms with van der Waals surface area (Å²) in [6.45, 7) is 7.42. The van der Waals surface area contributed by atoms with Crippen molar-refractivity contribution in [3.8, 4) is 0 Å². The van der Waals surface area contributed by atoms with E-state index in [0.717, 1.165) is 49.1 Å². The predicted molar refractivity (Wildman–Crippen MR) is 102 cm³/mol. The summed E-state index contributed by atoms with van der Waals surface area (Å²) in [6, 6.07) is 7.62. The highest BCUT2D eigenvalue weighted by Crippen LogP contribution is 2.20. The molecule has 1 aromatic carbocycles. The van der Waals surface area contributed by atoms with Crippen LogP contribution >= 0.6 is 12.2 Å². The first-order chi connectivity index (χ1) is 11.5. The molecule has 1 aliphatic rings. The molecule has 24 heavy (non-hydrogen) atoms. The molecule has 0 spiro atoms. The van der Waals surface area contributed by atoms with E-state index >= 15 is 0 Å². The monoisotopic (exact) mass is 345 g/mol. The fraction of sp³-hybridized carbons (Fsp3) is 0.444. The zero-order valence-electron chi connectivity index (χ0n) is 14.1. The SMILES string of the molecule is CCN1CCC(NC(=S)Nc2ccc3c(C)cc(=O)oc3c2)CC1. The molecule has 1 saturated heterocycles. The van der Waals surface area contributed by atoms with Gasteiger partial charge in [0.2, 0.25) is 0 Å². The first-order valence-corrected chi connectivity index (χ1v) is 8.80. The predicted octanol–water partition coefficient (Wildman–Crippen LogP) is 2.87. The average molecular weight is 345 g/mol. The van der Waals surface area contributed by atoms with Crippen LogP contribution in [0.4, 0.5) is 5.69 Å². The molecule has 0 unspecified atom stereocenters. The van der Waals surface area contributed by atoms with E-state index in [4.69, 9.17) is 16.6 Å². The number of hydrogen-bond acceptors (Lipinski definition) is 4. The van der Waals surface area contributed by atoms with Gasteiger partial charge in [-0.2, -0.15) is 0 Å². The van der Waals surface area contributed by atoms with Gasteiger partial charge >= 0.3 is 5.63 Å². The lowest BCUT2D eigenvalue weighted by Gasteiger charge is -2.32. The third kappa shape index (κ3) is 3.94. The van der Waals surface area contributed by atoms with E-state index < -0.39 is 0 Å². The largest absolute Gasteiger partial charge is 0.423 e. The van der Waals surface area contributed by atoms with Gasteiger partial charge in [0, 0.05) is 42.3 Å². The minimum Gasteiger partial charge on any atom is -0.423 e. The van der Waals surface area contributed by atoms with Gasteiger partial charge in [0.25, 0.3) is 0 Å². The van der Waals surface area contributed by atoms with Gasteiger partial charge < -0.3 is 20.0 Å². The first kappa shape index (κ1) is 16.9. The molecule has 0 amide bonds. The van der Waals surface area contributed by atoms with Crippen molar-refractivity contribution in [2.24, 2.45) is 0 Å². The molecule has 0 radical (unpaired) electrons. The van der Waals surface area contributed by atoms with Gasteiger partial charge in [-0.1, -0.05) is 6.92 Å². The summed E-state index contributed by atoms with van der Waals surface area (Å²) in [5.41, 5.74) is 1.97. The third-order valence-electron chi connectivity index (χ3n) is 4.58. The van der Waals surface area contributed by atoms with E-state index in [2.05, 4.69) is 22.5 Å². The van der Waals surface area contributed by atoms with Crippen molar-refractivity contribution in [1.82, 2.24) is 10.2 Å². The standard InChI is InChI=1S/C18H23N3O2S/c1-3-21-8-6-13(7-9-21)19-18(24)20-14-4-5-15-12(2)10-17(22)23-16(15)11-14/h4-5,10-11,13H,3,6-9H2,1-2H3,(H2,19,20,24). The molecule has 0 atom stereocenters. The molecule has 0 saturated carbocycles. The highest BCUT2D eigenvalue weighted by molar-refractivity contribution is 7.80. The molecule has 2 heterocycles. The van der Waals surface area contributed by atoms with E-state index in [-0.39, 0.29) is 5.63 Å². The zero-order chi connectivity index (χ0) is 17.1. The Morgan fingerprint density at radius 1 is 1.33 bits per heavy atom. The minimum absolute atomic E-state index is 0.333. The lowest BCUT2D eigenvalue weighted by atomic mass is 10.1. The lowest BCUT2D eigenvalue weighted by molar-refractivity contribution is 0.216. The van der Waals surface area contributed by atoms with Crippen molar-refractivity contribution in [3.05, 3.63) is 40.2 Å². The van der Waals surface area contributed by atoms with Crippen LogP contribution in [-0.4, -0.2) is 35.7 Å². The van der Waals surface area contributed by atoms with Gasteiger partial charge in [0.1, 0.15) is 5.58 Å². The van der Waals surface area contributed by atoms with Gasteiger partial charge in [-0.25, -0.2) is 4.79 Å². The second kappa shape index (κ2) is 7.32. The molecule has 0 aliphatic carbocycles. The molecule has 1 fully saturated rings. The molecule has 3 rings (SSSR count). The molecular weight excluding hydrogens is 322 g/mol. The maximum absolute atomic E-state index is 11.5. The molecule has 6 heteroatoms. The van der Waals surface area contributed by atoms with Crippen LogP contribution < -0.4 is 16.3 Å². The highest BCUT2D eigenvalue weighted by atomic mass is 32.1. The number of aryl methyl sites for hydroxylation is 1.